The van der Waals surface area contributed by atoms with Gasteiger partial charge in [0.2, 0.25) is 11.8 Å². The first kappa shape index (κ1) is 21.9. The maximum atomic E-state index is 12.4. The molecule has 0 saturated carbocycles. The molecular weight excluding hydrogens is 404 g/mol. The van der Waals surface area contributed by atoms with Gasteiger partial charge in [-0.3, -0.25) is 19.4 Å². The van der Waals surface area contributed by atoms with E-state index in [0.717, 1.165) is 11.3 Å². The van der Waals surface area contributed by atoms with Crippen molar-refractivity contribution in [3.05, 3.63) is 46.2 Å². The van der Waals surface area contributed by atoms with Crippen LogP contribution in [0.2, 0.25) is 0 Å². The summed E-state index contributed by atoms with van der Waals surface area (Å²) in [4.78, 5) is 40.8. The molecule has 1 aromatic heterocycles. The number of anilines is 2. The van der Waals surface area contributed by atoms with E-state index in [4.69, 9.17) is 4.74 Å². The van der Waals surface area contributed by atoms with Crippen LogP contribution >= 0.6 is 11.3 Å². The summed E-state index contributed by atoms with van der Waals surface area (Å²) < 4.78 is 4.72. The van der Waals surface area contributed by atoms with Crippen molar-refractivity contribution in [2.75, 3.05) is 57.0 Å². The van der Waals surface area contributed by atoms with E-state index >= 15 is 0 Å². The third-order valence-corrected chi connectivity index (χ3v) is 5.74. The Morgan fingerprint density at radius 3 is 2.07 bits per heavy atom. The zero-order valence-electron chi connectivity index (χ0n) is 17.1. The Labute approximate surface area is 179 Å². The summed E-state index contributed by atoms with van der Waals surface area (Å²) in [6, 6.07) is 9.40. The number of amides is 2. The zero-order valence-corrected chi connectivity index (χ0v) is 18.0. The van der Waals surface area contributed by atoms with Gasteiger partial charge in [0, 0.05) is 31.9 Å². The molecule has 30 heavy (non-hydrogen) atoms. The molecule has 0 atom stereocenters. The molecule has 9 heteroatoms. The van der Waals surface area contributed by atoms with Crippen LogP contribution < -0.4 is 10.6 Å². The van der Waals surface area contributed by atoms with E-state index in [-0.39, 0.29) is 18.4 Å². The fourth-order valence-corrected chi connectivity index (χ4v) is 3.96. The highest BCUT2D eigenvalue weighted by Gasteiger charge is 2.22. The van der Waals surface area contributed by atoms with Crippen LogP contribution in [-0.2, 0) is 14.3 Å². The number of rotatable bonds is 7. The largest absolute Gasteiger partial charge is 0.465 e. The van der Waals surface area contributed by atoms with Crippen molar-refractivity contribution in [1.82, 2.24) is 9.80 Å². The molecule has 0 aliphatic carbocycles. The predicted molar refractivity (Wildman–Crippen MR) is 117 cm³/mol. The number of hydrogen-bond acceptors (Lipinski definition) is 7. The number of methoxy groups -OCH3 is 1. The molecule has 2 heterocycles. The smallest absolute Gasteiger partial charge is 0.350 e. The van der Waals surface area contributed by atoms with Gasteiger partial charge in [0.15, 0.2) is 0 Å². The monoisotopic (exact) mass is 430 g/mol. The van der Waals surface area contributed by atoms with Crippen LogP contribution in [0.25, 0.3) is 0 Å². The number of hydrogen-bond donors (Lipinski definition) is 2. The van der Waals surface area contributed by atoms with Crippen molar-refractivity contribution in [2.24, 2.45) is 0 Å². The van der Waals surface area contributed by atoms with Gasteiger partial charge in [-0.1, -0.05) is 17.7 Å². The van der Waals surface area contributed by atoms with E-state index in [1.165, 1.54) is 18.4 Å². The summed E-state index contributed by atoms with van der Waals surface area (Å²) in [5.74, 6) is -0.681. The lowest BCUT2D eigenvalue weighted by Gasteiger charge is -2.33. The van der Waals surface area contributed by atoms with Crippen molar-refractivity contribution < 1.29 is 19.1 Å². The Balaban J connectivity index is 1.40. The van der Waals surface area contributed by atoms with E-state index < -0.39 is 5.97 Å². The maximum absolute atomic E-state index is 12.4. The molecule has 1 aromatic carbocycles. The second kappa shape index (κ2) is 10.3. The fraction of sp³-hybridized carbons (Fsp3) is 0.381. The van der Waals surface area contributed by atoms with Crippen molar-refractivity contribution in [3.8, 4) is 0 Å². The van der Waals surface area contributed by atoms with Crippen LogP contribution in [0.1, 0.15) is 15.2 Å². The van der Waals surface area contributed by atoms with Gasteiger partial charge in [0.1, 0.15) is 4.88 Å². The maximum Gasteiger partial charge on any atom is 0.350 e. The number of carbonyl (C=O) groups is 3. The second-order valence-corrected chi connectivity index (χ2v) is 8.09. The summed E-state index contributed by atoms with van der Waals surface area (Å²) in [7, 11) is 1.31. The van der Waals surface area contributed by atoms with Gasteiger partial charge in [-0.2, -0.15) is 0 Å². The lowest BCUT2D eigenvalue weighted by Crippen LogP contribution is -2.50. The first-order valence-corrected chi connectivity index (χ1v) is 10.6. The van der Waals surface area contributed by atoms with Crippen molar-refractivity contribution in [1.29, 1.82) is 0 Å². The molecule has 160 valence electrons. The standard InChI is InChI=1S/C21H26N4O4S/c1-15-3-5-16(6-4-15)22-18(26)13-24-8-10-25(11-9-24)14-19(27)23-17-7-12-30-20(17)21(28)29-2/h3-7,12H,8-11,13-14H2,1-2H3,(H,22,26)(H,23,27). The number of aryl methyl sites for hydroxylation is 1. The zero-order chi connectivity index (χ0) is 21.5. The van der Waals surface area contributed by atoms with E-state index in [0.29, 0.717) is 43.3 Å². The first-order chi connectivity index (χ1) is 14.4. The number of esters is 1. The van der Waals surface area contributed by atoms with Crippen LogP contribution in [0.4, 0.5) is 11.4 Å². The predicted octanol–water partition coefficient (Wildman–Crippen LogP) is 2.04. The van der Waals surface area contributed by atoms with E-state index in [1.54, 1.807) is 11.4 Å². The highest BCUT2D eigenvalue weighted by atomic mass is 32.1. The van der Waals surface area contributed by atoms with Crippen LogP contribution in [-0.4, -0.2) is 74.0 Å². The molecule has 8 nitrogen and oxygen atoms in total. The minimum Gasteiger partial charge on any atom is -0.465 e. The average Bonchev–Trinajstić information content (AvgIpc) is 3.18. The van der Waals surface area contributed by atoms with Crippen molar-refractivity contribution >= 4 is 40.5 Å². The number of piperazine rings is 1. The van der Waals surface area contributed by atoms with E-state index in [1.807, 2.05) is 36.1 Å². The van der Waals surface area contributed by atoms with E-state index in [9.17, 15) is 14.4 Å². The Morgan fingerprint density at radius 2 is 1.50 bits per heavy atom. The number of ether oxygens (including phenoxy) is 1. The summed E-state index contributed by atoms with van der Waals surface area (Å²) in [5.41, 5.74) is 2.41. The molecule has 2 aromatic rings. The summed E-state index contributed by atoms with van der Waals surface area (Å²) >= 11 is 1.23. The molecule has 1 fully saturated rings. The number of thiophene rings is 1. The van der Waals surface area contributed by atoms with Gasteiger partial charge in [-0.25, -0.2) is 4.79 Å². The lowest BCUT2D eigenvalue weighted by molar-refractivity contribution is -0.120. The van der Waals surface area contributed by atoms with Crippen LogP contribution in [0.5, 0.6) is 0 Å². The molecule has 1 aliphatic heterocycles. The van der Waals surface area contributed by atoms with Gasteiger partial charge >= 0.3 is 5.97 Å². The van der Waals surface area contributed by atoms with Gasteiger partial charge in [-0.05, 0) is 30.5 Å². The van der Waals surface area contributed by atoms with Gasteiger partial charge in [0.25, 0.3) is 0 Å². The summed E-state index contributed by atoms with van der Waals surface area (Å²) in [6.07, 6.45) is 0. The van der Waals surface area contributed by atoms with Crippen LogP contribution in [0.3, 0.4) is 0 Å². The highest BCUT2D eigenvalue weighted by Crippen LogP contribution is 2.23. The minimum atomic E-state index is -0.460. The molecule has 0 radical (unpaired) electrons. The Bertz CT molecular complexity index is 889. The lowest BCUT2D eigenvalue weighted by atomic mass is 10.2. The molecule has 3 rings (SSSR count). The quantitative estimate of drug-likeness (QED) is 0.654. The van der Waals surface area contributed by atoms with Crippen molar-refractivity contribution in [2.45, 2.75) is 6.92 Å². The molecule has 2 amide bonds. The van der Waals surface area contributed by atoms with Gasteiger partial charge in [-0.15, -0.1) is 11.3 Å². The van der Waals surface area contributed by atoms with Crippen LogP contribution in [0.15, 0.2) is 35.7 Å². The average molecular weight is 431 g/mol. The summed E-state index contributed by atoms with van der Waals surface area (Å²) in [5, 5.41) is 7.43. The highest BCUT2D eigenvalue weighted by molar-refractivity contribution is 7.12. The number of nitrogens with one attached hydrogen (secondary N) is 2. The third kappa shape index (κ3) is 6.12. The molecular formula is C21H26N4O4S. The fourth-order valence-electron chi connectivity index (χ4n) is 3.20. The molecule has 1 saturated heterocycles. The molecule has 0 bridgehead atoms. The molecule has 0 unspecified atom stereocenters. The van der Waals surface area contributed by atoms with E-state index in [2.05, 4.69) is 15.5 Å². The number of carbonyl (C=O) groups excluding carboxylic acids is 3. The Kier molecular flexibility index (Phi) is 7.56. The third-order valence-electron chi connectivity index (χ3n) is 4.84. The van der Waals surface area contributed by atoms with Crippen molar-refractivity contribution in [3.63, 3.8) is 0 Å². The Hall–Kier alpha value is -2.75. The van der Waals surface area contributed by atoms with Gasteiger partial charge in [0.05, 0.1) is 25.9 Å². The number of benzene rings is 1. The molecule has 0 spiro atoms. The summed E-state index contributed by atoms with van der Waals surface area (Å²) in [6.45, 7) is 5.37. The first-order valence-electron chi connectivity index (χ1n) is 9.71. The number of nitrogens with zero attached hydrogens (tertiary/aromatic N) is 2. The normalized spacial score (nSPS) is 14.9. The van der Waals surface area contributed by atoms with Gasteiger partial charge < -0.3 is 15.4 Å². The molecule has 2 N–H and O–H groups in total. The van der Waals surface area contributed by atoms with Crippen LogP contribution in [0, 0.1) is 6.92 Å². The SMILES string of the molecule is COC(=O)c1sccc1NC(=O)CN1CCN(CC(=O)Nc2ccc(C)cc2)CC1. The molecule has 1 aliphatic rings. The minimum absolute atomic E-state index is 0.0437. The Morgan fingerprint density at radius 1 is 0.933 bits per heavy atom. The topological polar surface area (TPSA) is 91.0 Å². The second-order valence-electron chi connectivity index (χ2n) is 7.17.